The van der Waals surface area contributed by atoms with Crippen molar-refractivity contribution in [1.82, 2.24) is 14.9 Å². The number of carbonyl (C=O) groups is 1. The highest BCUT2D eigenvalue weighted by molar-refractivity contribution is 6.42. The van der Waals surface area contributed by atoms with Crippen LogP contribution in [0.15, 0.2) is 55.4 Å². The highest BCUT2D eigenvalue weighted by Crippen LogP contribution is 2.42. The maximum Gasteiger partial charge on any atom is 0.247 e. The summed E-state index contributed by atoms with van der Waals surface area (Å²) < 4.78 is 11.4. The fourth-order valence-electron chi connectivity index (χ4n) is 6.22. The second kappa shape index (κ2) is 14.2. The predicted octanol–water partition coefficient (Wildman–Crippen LogP) is 5.84. The predicted molar refractivity (Wildman–Crippen MR) is 177 cm³/mol. The van der Waals surface area contributed by atoms with E-state index in [4.69, 9.17) is 37.5 Å². The molecule has 3 aromatic rings. The van der Waals surface area contributed by atoms with Crippen molar-refractivity contribution in [3.05, 3.63) is 71.0 Å². The van der Waals surface area contributed by atoms with Gasteiger partial charge in [-0.05, 0) is 36.6 Å². The molecule has 0 radical (unpaired) electrons. The van der Waals surface area contributed by atoms with E-state index in [0.717, 1.165) is 69.9 Å². The lowest BCUT2D eigenvalue weighted by atomic mass is 10.0. The monoisotopic (exact) mass is 653 g/mol. The second-order valence-electron chi connectivity index (χ2n) is 11.1. The number of rotatable bonds is 9. The molecule has 45 heavy (non-hydrogen) atoms. The van der Waals surface area contributed by atoms with Gasteiger partial charge in [-0.3, -0.25) is 14.5 Å². The summed E-state index contributed by atoms with van der Waals surface area (Å²) >= 11 is 12.9. The summed E-state index contributed by atoms with van der Waals surface area (Å²) in [4.78, 5) is 32.2. The van der Waals surface area contributed by atoms with Gasteiger partial charge in [-0.2, -0.15) is 0 Å². The van der Waals surface area contributed by atoms with Crippen molar-refractivity contribution in [2.75, 3.05) is 73.7 Å². The third-order valence-corrected chi connectivity index (χ3v) is 9.35. The van der Waals surface area contributed by atoms with Gasteiger partial charge in [0.15, 0.2) is 5.82 Å². The number of nitrogens with one attached hydrogen (secondary N) is 2. The molecule has 2 aromatic carbocycles. The molecular weight excluding hydrogens is 617 g/mol. The summed E-state index contributed by atoms with van der Waals surface area (Å²) in [6.07, 6.45) is 5.51. The molecule has 0 unspecified atom stereocenters. The Morgan fingerprint density at radius 2 is 1.84 bits per heavy atom. The summed E-state index contributed by atoms with van der Waals surface area (Å²) in [7, 11) is 1.62. The van der Waals surface area contributed by atoms with Gasteiger partial charge in [-0.1, -0.05) is 41.9 Å². The summed E-state index contributed by atoms with van der Waals surface area (Å²) in [5.41, 5.74) is 3.04. The van der Waals surface area contributed by atoms with E-state index in [1.807, 2.05) is 24.3 Å². The molecule has 0 saturated carbocycles. The Hall–Kier alpha value is -3.61. The second-order valence-corrected chi connectivity index (χ2v) is 11.9. The number of piperidine rings is 1. The first kappa shape index (κ1) is 31.4. The Morgan fingerprint density at radius 1 is 1.04 bits per heavy atom. The molecule has 0 bridgehead atoms. The van der Waals surface area contributed by atoms with Crippen LogP contribution in [-0.4, -0.2) is 79.9 Å². The molecule has 1 amide bonds. The molecule has 11 nitrogen and oxygen atoms in total. The van der Waals surface area contributed by atoms with Crippen LogP contribution in [0.2, 0.25) is 10.0 Å². The Morgan fingerprint density at radius 3 is 2.60 bits per heavy atom. The lowest BCUT2D eigenvalue weighted by Crippen LogP contribution is -2.49. The largest absolute Gasteiger partial charge is 0.494 e. The van der Waals surface area contributed by atoms with Crippen LogP contribution < -0.4 is 25.3 Å². The Balaban J connectivity index is 1.24. The fraction of sp³-hybridized carbons (Fsp3) is 0.406. The number of ether oxygens (including phenoxy) is 2. The molecule has 0 aliphatic carbocycles. The average Bonchev–Trinajstić information content (AvgIpc) is 3.57. The van der Waals surface area contributed by atoms with Crippen LogP contribution in [0.4, 0.5) is 28.7 Å². The highest BCUT2D eigenvalue weighted by Gasteiger charge is 2.32. The summed E-state index contributed by atoms with van der Waals surface area (Å²) in [6.45, 7) is 9.40. The number of benzene rings is 2. The smallest absolute Gasteiger partial charge is 0.247 e. The lowest BCUT2D eigenvalue weighted by molar-refractivity contribution is -0.111. The molecule has 3 fully saturated rings. The number of nitrogens with zero attached hydrogens (tertiary/aromatic N) is 5. The summed E-state index contributed by atoms with van der Waals surface area (Å²) in [5, 5.41) is 9.07. The average molecular weight is 655 g/mol. The quantitative estimate of drug-likeness (QED) is 0.274. The molecule has 1 atom stereocenters. The van der Waals surface area contributed by atoms with E-state index in [9.17, 15) is 4.79 Å². The minimum Gasteiger partial charge on any atom is -0.494 e. The van der Waals surface area contributed by atoms with Crippen LogP contribution in [0.1, 0.15) is 30.9 Å². The Bertz CT molecular complexity index is 1530. The van der Waals surface area contributed by atoms with Gasteiger partial charge in [-0.15, -0.1) is 0 Å². The fourth-order valence-corrected chi connectivity index (χ4v) is 6.66. The van der Waals surface area contributed by atoms with E-state index < -0.39 is 0 Å². The number of hydrogen-bond donors (Lipinski definition) is 2. The number of carbonyl (C=O) groups excluding carboxylic acids is 1. The number of anilines is 5. The van der Waals surface area contributed by atoms with Crippen molar-refractivity contribution in [1.29, 1.82) is 0 Å². The van der Waals surface area contributed by atoms with Gasteiger partial charge in [0.1, 0.15) is 17.9 Å². The van der Waals surface area contributed by atoms with Crippen molar-refractivity contribution >= 4 is 57.8 Å². The van der Waals surface area contributed by atoms with E-state index in [1.54, 1.807) is 24.3 Å². The number of aromatic nitrogens is 2. The first-order valence-corrected chi connectivity index (χ1v) is 15.9. The number of hydrogen-bond acceptors (Lipinski definition) is 10. The van der Waals surface area contributed by atoms with Crippen LogP contribution in [0, 0.1) is 0 Å². The molecule has 3 aliphatic heterocycles. The lowest BCUT2D eigenvalue weighted by Gasteiger charge is -2.41. The van der Waals surface area contributed by atoms with E-state index in [1.165, 1.54) is 12.4 Å². The van der Waals surface area contributed by atoms with Crippen LogP contribution in [0.3, 0.4) is 0 Å². The molecule has 4 heterocycles. The van der Waals surface area contributed by atoms with Gasteiger partial charge in [0, 0.05) is 50.8 Å². The third kappa shape index (κ3) is 6.97. The first-order valence-electron chi connectivity index (χ1n) is 15.1. The van der Waals surface area contributed by atoms with Crippen molar-refractivity contribution in [2.45, 2.75) is 31.3 Å². The molecule has 6 rings (SSSR count). The SMILES string of the molecule is C=CC(=O)Nc1cc(Nc2cc(N3OCC[C@@H]3c3cccc(Cl)c3Cl)ncn2)c(OC)cc1N1CCC(N2CCOCC2)CC1. The summed E-state index contributed by atoms with van der Waals surface area (Å²) in [5.74, 6) is 1.39. The normalized spacial score (nSPS) is 19.4. The van der Waals surface area contributed by atoms with Gasteiger partial charge >= 0.3 is 0 Å². The zero-order chi connectivity index (χ0) is 31.3. The van der Waals surface area contributed by atoms with Crippen molar-refractivity contribution in [2.24, 2.45) is 0 Å². The Kier molecular flexibility index (Phi) is 9.91. The number of hydroxylamine groups is 1. The van der Waals surface area contributed by atoms with E-state index in [-0.39, 0.29) is 11.9 Å². The molecule has 1 aromatic heterocycles. The molecule has 2 N–H and O–H groups in total. The number of halogens is 2. The molecule has 0 spiro atoms. The maximum absolute atomic E-state index is 12.5. The van der Waals surface area contributed by atoms with Crippen molar-refractivity contribution in [3.8, 4) is 5.75 Å². The molecule has 238 valence electrons. The van der Waals surface area contributed by atoms with Gasteiger partial charge < -0.3 is 25.0 Å². The molecule has 3 saturated heterocycles. The van der Waals surface area contributed by atoms with Gasteiger partial charge in [0.2, 0.25) is 5.91 Å². The first-order chi connectivity index (χ1) is 21.9. The minimum atomic E-state index is -0.295. The highest BCUT2D eigenvalue weighted by atomic mass is 35.5. The van der Waals surface area contributed by atoms with Crippen molar-refractivity contribution < 1.29 is 19.1 Å². The van der Waals surface area contributed by atoms with E-state index >= 15 is 0 Å². The number of amides is 1. The zero-order valence-electron chi connectivity index (χ0n) is 25.2. The topological polar surface area (TPSA) is 104 Å². The zero-order valence-corrected chi connectivity index (χ0v) is 26.7. The Labute approximate surface area is 273 Å². The van der Waals surface area contributed by atoms with E-state index in [0.29, 0.717) is 51.5 Å². The third-order valence-electron chi connectivity index (χ3n) is 8.51. The van der Waals surface area contributed by atoms with Crippen LogP contribution >= 0.6 is 23.2 Å². The van der Waals surface area contributed by atoms with Crippen LogP contribution in [0.25, 0.3) is 0 Å². The number of methoxy groups -OCH3 is 1. The summed E-state index contributed by atoms with van der Waals surface area (Å²) in [6, 6.07) is 11.6. The molecule has 3 aliphatic rings. The standard InChI is InChI=1S/C32H37Cl2N7O4/c1-3-31(42)38-24-17-25(28(43-2)18-27(24)40-10-7-21(8-11-40)39-12-15-44-16-13-39)37-29-19-30(36-20-35-29)41-26(9-14-45-41)22-5-4-6-23(33)32(22)34/h3-6,17-21,26H,1,7-16H2,2H3,(H,38,42)(H,35,36,37)/t26-/m1/s1. The van der Waals surface area contributed by atoms with Crippen molar-refractivity contribution in [3.63, 3.8) is 0 Å². The molecule has 13 heteroatoms. The van der Waals surface area contributed by atoms with Crippen LogP contribution in [0.5, 0.6) is 5.75 Å². The van der Waals surface area contributed by atoms with Crippen LogP contribution in [-0.2, 0) is 14.4 Å². The number of morpholine rings is 1. The minimum absolute atomic E-state index is 0.166. The van der Waals surface area contributed by atoms with Gasteiger partial charge in [-0.25, -0.2) is 15.0 Å². The maximum atomic E-state index is 12.5. The molecular formula is C32H37Cl2N7O4. The van der Waals surface area contributed by atoms with Gasteiger partial charge in [0.05, 0.1) is 60.1 Å². The van der Waals surface area contributed by atoms with E-state index in [2.05, 4.69) is 37.0 Å². The van der Waals surface area contributed by atoms with Gasteiger partial charge in [0.25, 0.3) is 0 Å².